The fourth-order valence-corrected chi connectivity index (χ4v) is 3.46. The third-order valence-electron chi connectivity index (χ3n) is 2.50. The summed E-state index contributed by atoms with van der Waals surface area (Å²) in [6.45, 7) is 0.142. The number of aliphatic carboxylic acids is 1. The van der Waals surface area contributed by atoms with Crippen LogP contribution in [-0.2, 0) is 28.4 Å². The average Bonchev–Trinajstić information content (AvgIpc) is 3.03. The first-order valence-corrected chi connectivity index (χ1v) is 8.15. The summed E-state index contributed by atoms with van der Waals surface area (Å²) in [6.07, 6.45) is 5.19. The summed E-state index contributed by atoms with van der Waals surface area (Å²) < 4.78 is 27.9. The van der Waals surface area contributed by atoms with Crippen LogP contribution < -0.4 is 4.72 Å². The lowest BCUT2D eigenvalue weighted by atomic mass is 10.4. The van der Waals surface area contributed by atoms with Crippen LogP contribution in [0.5, 0.6) is 0 Å². The smallest absolute Gasteiger partial charge is 0.328 e. The lowest BCUT2D eigenvalue weighted by molar-refractivity contribution is -0.131. The molecule has 0 bridgehead atoms. The molecule has 0 saturated carbocycles. The van der Waals surface area contributed by atoms with Gasteiger partial charge in [-0.2, -0.15) is 5.10 Å². The maximum Gasteiger partial charge on any atom is 0.328 e. The molecular weight excluding hydrogens is 314 g/mol. The number of hydrogen-bond donors (Lipinski definition) is 2. The van der Waals surface area contributed by atoms with Crippen LogP contribution in [-0.4, -0.2) is 29.3 Å². The zero-order chi connectivity index (χ0) is 15.5. The van der Waals surface area contributed by atoms with Crippen LogP contribution in [0.15, 0.2) is 35.5 Å². The molecule has 2 N–H and O–H groups in total. The Bertz CT molecular complexity index is 774. The van der Waals surface area contributed by atoms with Crippen LogP contribution >= 0.6 is 11.3 Å². The molecule has 2 aromatic rings. The first-order chi connectivity index (χ1) is 9.87. The van der Waals surface area contributed by atoms with Crippen LogP contribution in [0.3, 0.4) is 0 Å². The fourth-order valence-electron chi connectivity index (χ4n) is 1.52. The summed E-state index contributed by atoms with van der Waals surface area (Å²) in [4.78, 5) is 12.0. The lowest BCUT2D eigenvalue weighted by Crippen LogP contribution is -2.22. The number of sulfonamides is 1. The third-order valence-corrected chi connectivity index (χ3v) is 4.91. The van der Waals surface area contributed by atoms with E-state index in [-0.39, 0.29) is 11.4 Å². The molecule has 0 aliphatic carbocycles. The summed E-state index contributed by atoms with van der Waals surface area (Å²) in [5.74, 6) is -1.03. The molecule has 0 saturated heterocycles. The van der Waals surface area contributed by atoms with E-state index >= 15 is 0 Å². The van der Waals surface area contributed by atoms with E-state index in [1.165, 1.54) is 34.5 Å². The molecule has 21 heavy (non-hydrogen) atoms. The van der Waals surface area contributed by atoms with Crippen molar-refractivity contribution in [1.29, 1.82) is 0 Å². The molecule has 2 heterocycles. The first-order valence-electron chi connectivity index (χ1n) is 5.85. The monoisotopic (exact) mass is 327 g/mol. The maximum atomic E-state index is 12.0. The van der Waals surface area contributed by atoms with E-state index in [0.29, 0.717) is 0 Å². The molecule has 0 aliphatic heterocycles. The number of carbonyl (C=O) groups is 1. The predicted molar refractivity (Wildman–Crippen MR) is 78.2 cm³/mol. The Labute approximate surface area is 125 Å². The van der Waals surface area contributed by atoms with Gasteiger partial charge in [0.2, 0.25) is 10.0 Å². The van der Waals surface area contributed by atoms with Gasteiger partial charge in [0.05, 0.1) is 6.20 Å². The number of rotatable bonds is 6. The number of hydrogen-bond acceptors (Lipinski definition) is 5. The molecule has 2 rings (SSSR count). The van der Waals surface area contributed by atoms with Crippen LogP contribution in [0, 0.1) is 0 Å². The van der Waals surface area contributed by atoms with Crippen molar-refractivity contribution in [1.82, 2.24) is 14.5 Å². The van der Waals surface area contributed by atoms with Gasteiger partial charge >= 0.3 is 5.97 Å². The van der Waals surface area contributed by atoms with Crippen molar-refractivity contribution in [3.05, 3.63) is 40.4 Å². The summed E-state index contributed by atoms with van der Waals surface area (Å²) in [5.41, 5.74) is 0. The summed E-state index contributed by atoms with van der Waals surface area (Å²) >= 11 is 1.32. The molecule has 9 heteroatoms. The van der Waals surface area contributed by atoms with E-state index in [4.69, 9.17) is 5.11 Å². The number of nitrogens with one attached hydrogen (secondary N) is 1. The minimum absolute atomic E-state index is 0.104. The van der Waals surface area contributed by atoms with E-state index in [1.54, 1.807) is 19.2 Å². The average molecular weight is 327 g/mol. The highest BCUT2D eigenvalue weighted by molar-refractivity contribution is 7.89. The molecule has 0 unspecified atom stereocenters. The topological polar surface area (TPSA) is 101 Å². The number of carboxylic acids is 1. The van der Waals surface area contributed by atoms with Gasteiger partial charge in [0, 0.05) is 35.6 Å². The highest BCUT2D eigenvalue weighted by Crippen LogP contribution is 2.18. The number of thiophene rings is 1. The van der Waals surface area contributed by atoms with Crippen molar-refractivity contribution >= 4 is 33.4 Å². The number of carboxylic acid groups (broad SMARTS) is 1. The molecule has 0 amide bonds. The zero-order valence-electron chi connectivity index (χ0n) is 11.1. The van der Waals surface area contributed by atoms with Gasteiger partial charge in [-0.25, -0.2) is 17.9 Å². The number of nitrogens with zero attached hydrogens (tertiary/aromatic N) is 2. The number of aromatic nitrogens is 2. The van der Waals surface area contributed by atoms with Crippen molar-refractivity contribution in [2.75, 3.05) is 0 Å². The Kier molecular flexibility index (Phi) is 4.56. The van der Waals surface area contributed by atoms with Gasteiger partial charge in [-0.3, -0.25) is 4.68 Å². The molecule has 7 nitrogen and oxygen atoms in total. The Morgan fingerprint density at radius 3 is 2.90 bits per heavy atom. The van der Waals surface area contributed by atoms with E-state index in [1.807, 2.05) is 0 Å². The second kappa shape index (κ2) is 6.20. The fraction of sp³-hybridized carbons (Fsp3) is 0.167. The molecule has 0 fully saturated rings. The van der Waals surface area contributed by atoms with Gasteiger partial charge < -0.3 is 5.11 Å². The second-order valence-electron chi connectivity index (χ2n) is 4.15. The second-order valence-corrected chi connectivity index (χ2v) is 7.12. The van der Waals surface area contributed by atoms with Crippen molar-refractivity contribution in [3.8, 4) is 0 Å². The van der Waals surface area contributed by atoms with Gasteiger partial charge in [-0.05, 0) is 18.2 Å². The predicted octanol–water partition coefficient (Wildman–Crippen LogP) is 1.06. The van der Waals surface area contributed by atoms with Gasteiger partial charge in [0.25, 0.3) is 0 Å². The van der Waals surface area contributed by atoms with Crippen LogP contribution in [0.1, 0.15) is 9.75 Å². The zero-order valence-corrected chi connectivity index (χ0v) is 12.7. The van der Waals surface area contributed by atoms with Crippen molar-refractivity contribution in [2.24, 2.45) is 7.05 Å². The van der Waals surface area contributed by atoms with E-state index < -0.39 is 16.0 Å². The van der Waals surface area contributed by atoms with Crippen LogP contribution in [0.25, 0.3) is 6.08 Å². The highest BCUT2D eigenvalue weighted by atomic mass is 32.2. The Morgan fingerprint density at radius 1 is 1.52 bits per heavy atom. The minimum atomic E-state index is -3.59. The van der Waals surface area contributed by atoms with Gasteiger partial charge in [0.1, 0.15) is 4.90 Å². The highest BCUT2D eigenvalue weighted by Gasteiger charge is 2.15. The number of aryl methyl sites for hydroxylation is 1. The van der Waals surface area contributed by atoms with E-state index in [2.05, 4.69) is 9.82 Å². The van der Waals surface area contributed by atoms with Gasteiger partial charge in [0.15, 0.2) is 0 Å². The van der Waals surface area contributed by atoms with Crippen LogP contribution in [0.2, 0.25) is 0 Å². The molecule has 2 aromatic heterocycles. The summed E-state index contributed by atoms with van der Waals surface area (Å²) in [5, 5.41) is 12.4. The molecule has 0 aliphatic rings. The largest absolute Gasteiger partial charge is 0.478 e. The Balaban J connectivity index is 2.01. The first kappa shape index (κ1) is 15.4. The van der Waals surface area contributed by atoms with Crippen molar-refractivity contribution in [2.45, 2.75) is 11.4 Å². The SMILES string of the molecule is Cn1cc(S(=O)(=O)NCc2ccc(C=CC(=O)O)s2)cn1. The van der Waals surface area contributed by atoms with Gasteiger partial charge in [-0.15, -0.1) is 11.3 Å². The van der Waals surface area contributed by atoms with Crippen LogP contribution in [0.4, 0.5) is 0 Å². The molecular formula is C12H13N3O4S2. The molecule has 0 spiro atoms. The minimum Gasteiger partial charge on any atom is -0.478 e. The normalized spacial score (nSPS) is 12.0. The van der Waals surface area contributed by atoms with Crippen molar-refractivity contribution in [3.63, 3.8) is 0 Å². The lowest BCUT2D eigenvalue weighted by Gasteiger charge is -2.02. The molecule has 112 valence electrons. The van der Waals surface area contributed by atoms with Gasteiger partial charge in [-0.1, -0.05) is 0 Å². The summed E-state index contributed by atoms with van der Waals surface area (Å²) in [7, 11) is -1.95. The molecule has 0 aromatic carbocycles. The van der Waals surface area contributed by atoms with E-state index in [0.717, 1.165) is 15.8 Å². The maximum absolute atomic E-state index is 12.0. The standard InChI is InChI=1S/C12H13N3O4S2/c1-15-8-11(7-13-15)21(18,19)14-6-10-3-2-9(20-10)4-5-12(16)17/h2-5,7-8,14H,6H2,1H3,(H,16,17). The Hall–Kier alpha value is -1.97. The van der Waals surface area contributed by atoms with E-state index in [9.17, 15) is 13.2 Å². The quantitative estimate of drug-likeness (QED) is 0.773. The van der Waals surface area contributed by atoms with Crippen molar-refractivity contribution < 1.29 is 18.3 Å². The molecule has 0 radical (unpaired) electrons. The Morgan fingerprint density at radius 2 is 2.29 bits per heavy atom. The summed E-state index contributed by atoms with van der Waals surface area (Å²) in [6, 6.07) is 3.48. The molecule has 0 atom stereocenters. The third kappa shape index (κ3) is 4.25.